The van der Waals surface area contributed by atoms with Gasteiger partial charge in [0.2, 0.25) is 0 Å². The van der Waals surface area contributed by atoms with Gasteiger partial charge < -0.3 is 4.74 Å². The first-order valence-corrected chi connectivity index (χ1v) is 8.17. The van der Waals surface area contributed by atoms with Crippen molar-refractivity contribution in [3.63, 3.8) is 0 Å². The summed E-state index contributed by atoms with van der Waals surface area (Å²) in [6, 6.07) is 4.24. The Morgan fingerprint density at radius 2 is 2.32 bits per heavy atom. The van der Waals surface area contributed by atoms with Gasteiger partial charge in [-0.3, -0.25) is 10.4 Å². The first kappa shape index (κ1) is 18.1. The van der Waals surface area contributed by atoms with E-state index in [1.807, 2.05) is 13.8 Å². The molecule has 7 heteroatoms. The largest absolute Gasteiger partial charge is 0.463 e. The quantitative estimate of drug-likeness (QED) is 0.587. The highest BCUT2D eigenvalue weighted by Gasteiger charge is 2.16. The van der Waals surface area contributed by atoms with Gasteiger partial charge >= 0.3 is 6.01 Å². The molecule has 0 radical (unpaired) electrons. The van der Waals surface area contributed by atoms with Gasteiger partial charge in [0.05, 0.1) is 30.0 Å². The molecule has 1 heterocycles. The number of nitrogens with zero attached hydrogens (tertiary/aromatic N) is 4. The first-order chi connectivity index (χ1) is 10.7. The predicted octanol–water partition coefficient (Wildman–Crippen LogP) is 3.06. The second kappa shape index (κ2) is 9.90. The van der Waals surface area contributed by atoms with Crippen LogP contribution in [0.2, 0.25) is 0 Å². The minimum Gasteiger partial charge on any atom is -0.463 e. The van der Waals surface area contributed by atoms with Crippen LogP contribution in [0.5, 0.6) is 6.01 Å². The third kappa shape index (κ3) is 5.45. The highest BCUT2D eigenvalue weighted by molar-refractivity contribution is 8.15. The van der Waals surface area contributed by atoms with Gasteiger partial charge in [0, 0.05) is 19.0 Å². The van der Waals surface area contributed by atoms with Crippen LogP contribution in [-0.2, 0) is 0 Å². The van der Waals surface area contributed by atoms with Crippen molar-refractivity contribution < 1.29 is 4.74 Å². The summed E-state index contributed by atoms with van der Waals surface area (Å²) in [4.78, 5) is 12.4. The maximum Gasteiger partial charge on any atom is 0.316 e. The zero-order chi connectivity index (χ0) is 16.4. The average molecular weight is 319 g/mol. The Bertz CT molecular complexity index is 567. The van der Waals surface area contributed by atoms with Crippen LogP contribution in [-0.4, -0.2) is 40.1 Å². The van der Waals surface area contributed by atoms with Crippen LogP contribution in [0, 0.1) is 16.7 Å². The van der Waals surface area contributed by atoms with Crippen molar-refractivity contribution in [2.24, 2.45) is 4.99 Å². The standard InChI is InChI=1S/C15H21N5OS/c1-4-8-21-15-19-7-6-13(20-15)11(9-16)10-22-14(17)12(5-2)18-3/h6-7,11,17H,4-5,8,10H2,1-3H3. The molecule has 1 unspecified atom stereocenters. The fraction of sp³-hybridized carbons (Fsp3) is 0.533. The molecular weight excluding hydrogens is 298 g/mol. The maximum absolute atomic E-state index is 9.35. The van der Waals surface area contributed by atoms with Crippen molar-refractivity contribution in [2.45, 2.75) is 32.6 Å². The first-order valence-electron chi connectivity index (χ1n) is 7.18. The fourth-order valence-corrected chi connectivity index (χ4v) is 2.65. The zero-order valence-electron chi connectivity index (χ0n) is 13.2. The van der Waals surface area contributed by atoms with Crippen LogP contribution in [0.3, 0.4) is 0 Å². The second-order valence-electron chi connectivity index (χ2n) is 4.46. The molecule has 0 amide bonds. The number of aromatic nitrogens is 2. The van der Waals surface area contributed by atoms with E-state index in [1.165, 1.54) is 11.8 Å². The number of hydrogen-bond acceptors (Lipinski definition) is 7. The van der Waals surface area contributed by atoms with Crippen LogP contribution in [0.4, 0.5) is 0 Å². The number of aliphatic imine (C=N–C) groups is 1. The SMILES string of the molecule is CCCOc1nccc(C(C#N)CSC(=N)C(CC)=NC)n1. The van der Waals surface area contributed by atoms with Gasteiger partial charge in [-0.1, -0.05) is 13.8 Å². The van der Waals surface area contributed by atoms with Crippen molar-refractivity contribution in [2.75, 3.05) is 19.4 Å². The molecular formula is C15H21N5OS. The second-order valence-corrected chi connectivity index (χ2v) is 5.49. The van der Waals surface area contributed by atoms with E-state index in [0.29, 0.717) is 35.5 Å². The van der Waals surface area contributed by atoms with Crippen molar-refractivity contribution in [1.29, 1.82) is 10.7 Å². The summed E-state index contributed by atoms with van der Waals surface area (Å²) in [6.45, 7) is 4.51. The molecule has 0 saturated heterocycles. The number of nitriles is 1. The van der Waals surface area contributed by atoms with E-state index < -0.39 is 5.92 Å². The summed E-state index contributed by atoms with van der Waals surface area (Å²) in [5.41, 5.74) is 1.37. The van der Waals surface area contributed by atoms with Gasteiger partial charge in [-0.15, -0.1) is 11.8 Å². The lowest BCUT2D eigenvalue weighted by Crippen LogP contribution is -2.12. The van der Waals surface area contributed by atoms with E-state index >= 15 is 0 Å². The van der Waals surface area contributed by atoms with E-state index in [9.17, 15) is 5.26 Å². The van der Waals surface area contributed by atoms with Gasteiger partial charge in [-0.2, -0.15) is 10.2 Å². The lowest BCUT2D eigenvalue weighted by atomic mass is 10.1. The Morgan fingerprint density at radius 1 is 1.55 bits per heavy atom. The molecule has 118 valence electrons. The zero-order valence-corrected chi connectivity index (χ0v) is 14.0. The van der Waals surface area contributed by atoms with Crippen molar-refractivity contribution in [1.82, 2.24) is 9.97 Å². The molecule has 0 saturated carbocycles. The predicted molar refractivity (Wildman–Crippen MR) is 90.0 cm³/mol. The number of ether oxygens (including phenoxy) is 1. The van der Waals surface area contributed by atoms with E-state index in [-0.39, 0.29) is 0 Å². The third-order valence-corrected chi connectivity index (χ3v) is 3.89. The fourth-order valence-electron chi connectivity index (χ4n) is 1.67. The molecule has 0 bridgehead atoms. The molecule has 0 aliphatic carbocycles. The monoisotopic (exact) mass is 319 g/mol. The molecule has 1 aromatic rings. The normalized spacial score (nSPS) is 12.5. The van der Waals surface area contributed by atoms with Crippen LogP contribution in [0.25, 0.3) is 0 Å². The number of rotatable bonds is 8. The summed E-state index contributed by atoms with van der Waals surface area (Å²) in [7, 11) is 1.68. The summed E-state index contributed by atoms with van der Waals surface area (Å²) >= 11 is 1.31. The van der Waals surface area contributed by atoms with Crippen LogP contribution >= 0.6 is 11.8 Å². The minimum absolute atomic E-state index is 0.295. The summed E-state index contributed by atoms with van der Waals surface area (Å²) < 4.78 is 5.39. The number of thioether (sulfide) groups is 1. The Labute approximate surface area is 135 Å². The molecule has 1 atom stereocenters. The Morgan fingerprint density at radius 3 is 2.91 bits per heavy atom. The Hall–Kier alpha value is -1.94. The summed E-state index contributed by atoms with van der Waals surface area (Å²) in [6.07, 6.45) is 3.18. The topological polar surface area (TPSA) is 95.0 Å². The highest BCUT2D eigenvalue weighted by atomic mass is 32.2. The molecule has 0 spiro atoms. The Balaban J connectivity index is 2.72. The van der Waals surface area contributed by atoms with Gasteiger partial charge in [-0.05, 0) is 18.9 Å². The number of nitrogens with one attached hydrogen (secondary N) is 1. The van der Waals surface area contributed by atoms with E-state index in [2.05, 4.69) is 21.0 Å². The van der Waals surface area contributed by atoms with E-state index in [0.717, 1.165) is 12.1 Å². The summed E-state index contributed by atoms with van der Waals surface area (Å²) in [5, 5.41) is 17.7. The molecule has 0 aliphatic heterocycles. The minimum atomic E-state index is -0.410. The molecule has 1 N–H and O–H groups in total. The van der Waals surface area contributed by atoms with Gasteiger partial charge in [-0.25, -0.2) is 4.98 Å². The lowest BCUT2D eigenvalue weighted by Gasteiger charge is -2.10. The maximum atomic E-state index is 9.35. The summed E-state index contributed by atoms with van der Waals surface area (Å²) in [5.74, 6) is 0.0470. The molecule has 0 aromatic carbocycles. The molecule has 6 nitrogen and oxygen atoms in total. The number of hydrogen-bond donors (Lipinski definition) is 1. The molecule has 22 heavy (non-hydrogen) atoms. The smallest absolute Gasteiger partial charge is 0.316 e. The van der Waals surface area contributed by atoms with Crippen LogP contribution in [0.15, 0.2) is 17.3 Å². The van der Waals surface area contributed by atoms with E-state index in [1.54, 1.807) is 19.3 Å². The van der Waals surface area contributed by atoms with E-state index in [4.69, 9.17) is 10.1 Å². The molecule has 0 fully saturated rings. The molecule has 0 aliphatic rings. The Kier molecular flexibility index (Phi) is 8.15. The third-order valence-electron chi connectivity index (χ3n) is 2.86. The van der Waals surface area contributed by atoms with Crippen molar-refractivity contribution in [3.05, 3.63) is 18.0 Å². The lowest BCUT2D eigenvalue weighted by molar-refractivity contribution is 0.291. The van der Waals surface area contributed by atoms with Gasteiger partial charge in [0.15, 0.2) is 0 Å². The molecule has 1 rings (SSSR count). The highest BCUT2D eigenvalue weighted by Crippen LogP contribution is 2.21. The average Bonchev–Trinajstić information content (AvgIpc) is 2.55. The van der Waals surface area contributed by atoms with Crippen molar-refractivity contribution >= 4 is 22.5 Å². The van der Waals surface area contributed by atoms with Crippen molar-refractivity contribution in [3.8, 4) is 12.1 Å². The molecule has 1 aromatic heterocycles. The van der Waals surface area contributed by atoms with Gasteiger partial charge in [0.25, 0.3) is 0 Å². The van der Waals surface area contributed by atoms with Crippen LogP contribution < -0.4 is 4.74 Å². The van der Waals surface area contributed by atoms with Crippen LogP contribution in [0.1, 0.15) is 38.3 Å². The van der Waals surface area contributed by atoms with Gasteiger partial charge in [0.1, 0.15) is 5.04 Å².